The molecule has 1 atom stereocenters. The lowest BCUT2D eigenvalue weighted by Gasteiger charge is -2.30. The second kappa shape index (κ2) is 6.19. The molecule has 1 aromatic rings. The molecule has 0 aromatic carbocycles. The summed E-state index contributed by atoms with van der Waals surface area (Å²) in [5, 5.41) is 13.7. The van der Waals surface area contributed by atoms with Gasteiger partial charge in [-0.05, 0) is 32.4 Å². The summed E-state index contributed by atoms with van der Waals surface area (Å²) in [6.45, 7) is 3.50. The van der Waals surface area contributed by atoms with E-state index in [2.05, 4.69) is 10.00 Å². The highest BCUT2D eigenvalue weighted by molar-refractivity contribution is 5.73. The monoisotopic (exact) mass is 265 g/mol. The van der Waals surface area contributed by atoms with Crippen LogP contribution >= 0.6 is 0 Å². The number of carboxylic acid groups (broad SMARTS) is 1. The van der Waals surface area contributed by atoms with Crippen LogP contribution in [0.5, 0.6) is 0 Å². The van der Waals surface area contributed by atoms with Crippen LogP contribution in [0.15, 0.2) is 6.07 Å². The third kappa shape index (κ3) is 3.56. The molecule has 1 aliphatic heterocycles. The maximum atomic E-state index is 11.4. The number of carbonyl (C=O) groups is 1. The van der Waals surface area contributed by atoms with Crippen LogP contribution in [0.25, 0.3) is 0 Å². The maximum Gasteiger partial charge on any atom is 0.320 e. The van der Waals surface area contributed by atoms with E-state index in [0.717, 1.165) is 43.6 Å². The summed E-state index contributed by atoms with van der Waals surface area (Å²) in [4.78, 5) is 13.5. The molecular formula is C14H23N3O2. The predicted molar refractivity (Wildman–Crippen MR) is 72.9 cm³/mol. The molecular weight excluding hydrogens is 242 g/mol. The lowest BCUT2D eigenvalue weighted by molar-refractivity contribution is -0.144. The zero-order valence-corrected chi connectivity index (χ0v) is 11.8. The largest absolute Gasteiger partial charge is 0.480 e. The normalized spacial score (nSPS) is 21.9. The maximum absolute atomic E-state index is 11.4. The van der Waals surface area contributed by atoms with E-state index in [-0.39, 0.29) is 6.04 Å². The van der Waals surface area contributed by atoms with Gasteiger partial charge in [-0.2, -0.15) is 5.10 Å². The number of aliphatic carboxylic acids is 1. The molecule has 0 amide bonds. The molecule has 0 aliphatic carbocycles. The van der Waals surface area contributed by atoms with Crippen LogP contribution in [-0.2, 0) is 18.4 Å². The van der Waals surface area contributed by atoms with Gasteiger partial charge in [-0.15, -0.1) is 0 Å². The van der Waals surface area contributed by atoms with Crippen molar-refractivity contribution in [2.75, 3.05) is 6.54 Å². The minimum Gasteiger partial charge on any atom is -0.480 e. The van der Waals surface area contributed by atoms with Crippen molar-refractivity contribution in [1.82, 2.24) is 14.7 Å². The molecule has 1 saturated heterocycles. The Morgan fingerprint density at radius 1 is 1.42 bits per heavy atom. The van der Waals surface area contributed by atoms with Crippen LogP contribution in [0.4, 0.5) is 0 Å². The molecule has 5 nitrogen and oxygen atoms in total. The van der Waals surface area contributed by atoms with Gasteiger partial charge in [0.05, 0.1) is 11.4 Å². The predicted octanol–water partition coefficient (Wildman–Crippen LogP) is 1.95. The fourth-order valence-electron chi connectivity index (χ4n) is 2.83. The third-order valence-electron chi connectivity index (χ3n) is 3.86. The quantitative estimate of drug-likeness (QED) is 0.907. The molecule has 2 rings (SSSR count). The summed E-state index contributed by atoms with van der Waals surface area (Å²) in [5.41, 5.74) is 2.07. The van der Waals surface area contributed by atoms with Crippen molar-refractivity contribution in [3.05, 3.63) is 17.5 Å². The number of aryl methyl sites for hydroxylation is 2. The Bertz CT molecular complexity index is 442. The molecule has 106 valence electrons. The van der Waals surface area contributed by atoms with E-state index in [0.29, 0.717) is 6.54 Å². The Morgan fingerprint density at radius 2 is 2.16 bits per heavy atom. The molecule has 0 saturated carbocycles. The smallest absolute Gasteiger partial charge is 0.320 e. The van der Waals surface area contributed by atoms with E-state index >= 15 is 0 Å². The Labute approximate surface area is 114 Å². The SMILES string of the molecule is Cc1cc(CN2CCCCCCC2C(=O)O)n(C)n1. The van der Waals surface area contributed by atoms with Crippen LogP contribution in [-0.4, -0.2) is 38.3 Å². The van der Waals surface area contributed by atoms with Gasteiger partial charge in [0.1, 0.15) is 6.04 Å². The molecule has 1 aromatic heterocycles. The molecule has 5 heteroatoms. The highest BCUT2D eigenvalue weighted by atomic mass is 16.4. The van der Waals surface area contributed by atoms with Crippen molar-refractivity contribution in [1.29, 1.82) is 0 Å². The van der Waals surface area contributed by atoms with Gasteiger partial charge in [0.2, 0.25) is 0 Å². The van der Waals surface area contributed by atoms with Crippen molar-refractivity contribution in [2.24, 2.45) is 7.05 Å². The number of nitrogens with zero attached hydrogens (tertiary/aromatic N) is 3. The summed E-state index contributed by atoms with van der Waals surface area (Å²) in [6, 6.07) is 1.69. The molecule has 0 spiro atoms. The lowest BCUT2D eigenvalue weighted by atomic mass is 10.0. The standard InChI is InChI=1S/C14H23N3O2/c1-11-9-12(16(2)15-11)10-17-8-6-4-3-5-7-13(17)14(18)19/h9,13H,3-8,10H2,1-2H3,(H,18,19). The summed E-state index contributed by atoms with van der Waals surface area (Å²) in [6.07, 6.45) is 5.21. The third-order valence-corrected chi connectivity index (χ3v) is 3.86. The van der Waals surface area contributed by atoms with E-state index in [1.54, 1.807) is 0 Å². The Balaban J connectivity index is 2.12. The van der Waals surface area contributed by atoms with Gasteiger partial charge in [-0.25, -0.2) is 0 Å². The summed E-state index contributed by atoms with van der Waals surface area (Å²) in [7, 11) is 1.92. The molecule has 1 unspecified atom stereocenters. The van der Waals surface area contributed by atoms with Crippen LogP contribution < -0.4 is 0 Å². The molecule has 0 radical (unpaired) electrons. The van der Waals surface area contributed by atoms with Gasteiger partial charge < -0.3 is 5.11 Å². The van der Waals surface area contributed by atoms with E-state index in [1.165, 1.54) is 6.42 Å². The first kappa shape index (κ1) is 14.1. The number of hydrogen-bond donors (Lipinski definition) is 1. The Kier molecular flexibility index (Phi) is 4.58. The van der Waals surface area contributed by atoms with Crippen molar-refractivity contribution in [3.8, 4) is 0 Å². The highest BCUT2D eigenvalue weighted by Gasteiger charge is 2.26. The fourth-order valence-corrected chi connectivity index (χ4v) is 2.83. The molecule has 2 heterocycles. The van der Waals surface area contributed by atoms with E-state index in [9.17, 15) is 9.90 Å². The van der Waals surface area contributed by atoms with Gasteiger partial charge in [0.25, 0.3) is 0 Å². The van der Waals surface area contributed by atoms with Crippen molar-refractivity contribution in [3.63, 3.8) is 0 Å². The Morgan fingerprint density at radius 3 is 2.79 bits per heavy atom. The second-order valence-electron chi connectivity index (χ2n) is 5.43. The molecule has 1 N–H and O–H groups in total. The minimum absolute atomic E-state index is 0.351. The topological polar surface area (TPSA) is 58.4 Å². The van der Waals surface area contributed by atoms with Gasteiger partial charge in [0.15, 0.2) is 0 Å². The second-order valence-corrected chi connectivity index (χ2v) is 5.43. The lowest BCUT2D eigenvalue weighted by Crippen LogP contribution is -2.42. The van der Waals surface area contributed by atoms with Crippen LogP contribution in [0.2, 0.25) is 0 Å². The number of rotatable bonds is 3. The van der Waals surface area contributed by atoms with Crippen LogP contribution in [0.1, 0.15) is 43.5 Å². The molecule has 19 heavy (non-hydrogen) atoms. The van der Waals surface area contributed by atoms with E-state index < -0.39 is 5.97 Å². The molecule has 1 aliphatic rings. The van der Waals surface area contributed by atoms with Gasteiger partial charge in [-0.1, -0.05) is 19.3 Å². The summed E-state index contributed by atoms with van der Waals surface area (Å²) >= 11 is 0. The highest BCUT2D eigenvalue weighted by Crippen LogP contribution is 2.19. The molecule has 1 fully saturated rings. The Hall–Kier alpha value is -1.36. The fraction of sp³-hybridized carbons (Fsp3) is 0.714. The van der Waals surface area contributed by atoms with Crippen molar-refractivity contribution < 1.29 is 9.90 Å². The molecule has 0 bridgehead atoms. The number of likely N-dealkylation sites (tertiary alicyclic amines) is 1. The summed E-state index contributed by atoms with van der Waals surface area (Å²) < 4.78 is 1.85. The average molecular weight is 265 g/mol. The minimum atomic E-state index is -0.694. The first-order valence-corrected chi connectivity index (χ1v) is 7.04. The van der Waals surface area contributed by atoms with E-state index in [4.69, 9.17) is 0 Å². The van der Waals surface area contributed by atoms with Crippen molar-refractivity contribution in [2.45, 2.75) is 51.6 Å². The van der Waals surface area contributed by atoms with Crippen LogP contribution in [0, 0.1) is 6.92 Å². The van der Waals surface area contributed by atoms with Gasteiger partial charge >= 0.3 is 5.97 Å². The zero-order chi connectivity index (χ0) is 13.8. The van der Waals surface area contributed by atoms with Crippen LogP contribution in [0.3, 0.4) is 0 Å². The number of aromatic nitrogens is 2. The number of carboxylic acids is 1. The van der Waals surface area contributed by atoms with Gasteiger partial charge in [-0.3, -0.25) is 14.4 Å². The first-order valence-electron chi connectivity index (χ1n) is 7.04. The first-order chi connectivity index (χ1) is 9.08. The summed E-state index contributed by atoms with van der Waals surface area (Å²) in [5.74, 6) is -0.694. The zero-order valence-electron chi connectivity index (χ0n) is 11.8. The van der Waals surface area contributed by atoms with Crippen molar-refractivity contribution >= 4 is 5.97 Å². The average Bonchev–Trinajstić information content (AvgIpc) is 2.60. The van der Waals surface area contributed by atoms with Gasteiger partial charge in [0, 0.05) is 13.6 Å². The van der Waals surface area contributed by atoms with E-state index in [1.807, 2.05) is 24.7 Å². The number of hydrogen-bond acceptors (Lipinski definition) is 3.